The van der Waals surface area contributed by atoms with E-state index < -0.39 is 0 Å². The smallest absolute Gasteiger partial charge is 0.0781 e. The molecule has 0 N–H and O–H groups in total. The summed E-state index contributed by atoms with van der Waals surface area (Å²) < 4.78 is 0. The summed E-state index contributed by atoms with van der Waals surface area (Å²) in [5, 5.41) is 0. The van der Waals surface area contributed by atoms with Gasteiger partial charge in [-0.05, 0) is 48.3 Å². The topological polar surface area (TPSA) is 12.4 Å². The van der Waals surface area contributed by atoms with Crippen molar-refractivity contribution >= 4 is 11.4 Å². The lowest BCUT2D eigenvalue weighted by Gasteiger charge is -2.37. The molecule has 136 valence electrons. The average molecular weight is 354 g/mol. The number of aliphatic imine (C=N–C) groups is 1. The van der Waals surface area contributed by atoms with E-state index in [1.807, 2.05) is 12.1 Å². The summed E-state index contributed by atoms with van der Waals surface area (Å²) in [5.74, 6) is 2.39. The molecular formula is C26H27N. The Labute approximate surface area is 162 Å². The zero-order chi connectivity index (χ0) is 18.6. The van der Waals surface area contributed by atoms with Crippen LogP contribution in [0, 0.1) is 11.8 Å². The van der Waals surface area contributed by atoms with Crippen LogP contribution in [0.25, 0.3) is 0 Å². The highest BCUT2D eigenvalue weighted by Crippen LogP contribution is 2.43. The van der Waals surface area contributed by atoms with Crippen molar-refractivity contribution in [1.82, 2.24) is 0 Å². The summed E-state index contributed by atoms with van der Waals surface area (Å²) in [6.07, 6.45) is 2.74. The molecule has 1 fully saturated rings. The fourth-order valence-electron chi connectivity index (χ4n) is 4.11. The highest BCUT2D eigenvalue weighted by molar-refractivity contribution is 6.13. The molecule has 0 heterocycles. The molecule has 4 rings (SSSR count). The molecule has 3 aromatic carbocycles. The van der Waals surface area contributed by atoms with Gasteiger partial charge in [0.1, 0.15) is 0 Å². The fourth-order valence-corrected chi connectivity index (χ4v) is 4.11. The minimum absolute atomic E-state index is 0.641. The predicted molar refractivity (Wildman–Crippen MR) is 115 cm³/mol. The van der Waals surface area contributed by atoms with Gasteiger partial charge in [0.25, 0.3) is 0 Å². The molecule has 0 saturated heterocycles. The largest absolute Gasteiger partial charge is 0.248 e. The van der Waals surface area contributed by atoms with Crippen molar-refractivity contribution in [2.24, 2.45) is 16.8 Å². The first kappa shape index (κ1) is 17.7. The van der Waals surface area contributed by atoms with Crippen molar-refractivity contribution in [3.05, 3.63) is 102 Å². The Morgan fingerprint density at radius 2 is 1.30 bits per heavy atom. The van der Waals surface area contributed by atoms with Gasteiger partial charge in [0, 0.05) is 11.1 Å². The van der Waals surface area contributed by atoms with E-state index in [1.54, 1.807) is 0 Å². The van der Waals surface area contributed by atoms with E-state index in [4.69, 9.17) is 4.99 Å². The number of benzene rings is 3. The number of hydrogen-bond donors (Lipinski definition) is 0. The van der Waals surface area contributed by atoms with Gasteiger partial charge in [0.15, 0.2) is 0 Å². The minimum Gasteiger partial charge on any atom is -0.248 e. The van der Waals surface area contributed by atoms with Gasteiger partial charge in [-0.3, -0.25) is 0 Å². The van der Waals surface area contributed by atoms with E-state index in [-0.39, 0.29) is 0 Å². The third-order valence-electron chi connectivity index (χ3n) is 5.87. The molecule has 0 unspecified atom stereocenters. The normalized spacial score (nSPS) is 19.8. The van der Waals surface area contributed by atoms with E-state index in [1.165, 1.54) is 18.4 Å². The highest BCUT2D eigenvalue weighted by Gasteiger charge is 2.30. The summed E-state index contributed by atoms with van der Waals surface area (Å²) in [6.45, 7) is 4.73. The minimum atomic E-state index is 0.641. The van der Waals surface area contributed by atoms with E-state index in [2.05, 4.69) is 86.6 Å². The van der Waals surface area contributed by atoms with Crippen LogP contribution in [0.2, 0.25) is 0 Å². The van der Waals surface area contributed by atoms with Crippen molar-refractivity contribution < 1.29 is 0 Å². The van der Waals surface area contributed by atoms with Gasteiger partial charge in [0.2, 0.25) is 0 Å². The van der Waals surface area contributed by atoms with Crippen LogP contribution >= 0.6 is 0 Å². The van der Waals surface area contributed by atoms with Gasteiger partial charge in [-0.1, -0.05) is 86.6 Å². The Hall–Kier alpha value is -2.67. The van der Waals surface area contributed by atoms with Crippen molar-refractivity contribution in [3.8, 4) is 0 Å². The Bertz CT molecular complexity index is 846. The zero-order valence-corrected chi connectivity index (χ0v) is 16.2. The first-order chi connectivity index (χ1) is 13.2. The van der Waals surface area contributed by atoms with Gasteiger partial charge in [-0.25, -0.2) is 4.99 Å². The van der Waals surface area contributed by atoms with Crippen LogP contribution in [-0.4, -0.2) is 5.71 Å². The first-order valence-corrected chi connectivity index (χ1v) is 10.00. The molecule has 0 amide bonds. The van der Waals surface area contributed by atoms with E-state index in [0.29, 0.717) is 5.92 Å². The zero-order valence-electron chi connectivity index (χ0n) is 16.2. The van der Waals surface area contributed by atoms with Crippen LogP contribution in [0.3, 0.4) is 0 Å². The molecule has 3 aromatic rings. The second kappa shape index (κ2) is 7.92. The van der Waals surface area contributed by atoms with E-state index in [0.717, 1.165) is 34.4 Å². The maximum Gasteiger partial charge on any atom is 0.0781 e. The van der Waals surface area contributed by atoms with Crippen molar-refractivity contribution in [1.29, 1.82) is 0 Å². The fraction of sp³-hybridized carbons (Fsp3) is 0.269. The summed E-state index contributed by atoms with van der Waals surface area (Å²) >= 11 is 0. The van der Waals surface area contributed by atoms with Crippen LogP contribution in [0.4, 0.5) is 5.69 Å². The van der Waals surface area contributed by atoms with Gasteiger partial charge < -0.3 is 0 Å². The predicted octanol–water partition coefficient (Wildman–Crippen LogP) is 7.01. The van der Waals surface area contributed by atoms with Gasteiger partial charge in [0.05, 0.1) is 11.4 Å². The average Bonchev–Trinajstić information content (AvgIpc) is 2.71. The Kier molecular flexibility index (Phi) is 5.20. The Morgan fingerprint density at radius 3 is 1.78 bits per heavy atom. The van der Waals surface area contributed by atoms with Crippen LogP contribution in [-0.2, 0) is 0 Å². The molecule has 1 saturated carbocycles. The van der Waals surface area contributed by atoms with E-state index in [9.17, 15) is 0 Å². The monoisotopic (exact) mass is 353 g/mol. The maximum absolute atomic E-state index is 5.01. The second-order valence-corrected chi connectivity index (χ2v) is 7.91. The molecule has 1 nitrogen and oxygen atoms in total. The lowest BCUT2D eigenvalue weighted by atomic mass is 9.68. The van der Waals surface area contributed by atoms with Crippen molar-refractivity contribution in [3.63, 3.8) is 0 Å². The molecule has 27 heavy (non-hydrogen) atoms. The Morgan fingerprint density at radius 1 is 0.778 bits per heavy atom. The number of rotatable bonds is 5. The maximum atomic E-state index is 5.01. The molecule has 0 bridgehead atoms. The van der Waals surface area contributed by atoms with Gasteiger partial charge in [-0.15, -0.1) is 0 Å². The SMILES string of the molecule is CC1CC([C@H](C)c2ccc(N=C(c3ccccc3)c3ccccc3)cc2)C1. The van der Waals surface area contributed by atoms with Crippen LogP contribution in [0.15, 0.2) is 89.9 Å². The summed E-state index contributed by atoms with van der Waals surface area (Å²) in [4.78, 5) is 5.01. The van der Waals surface area contributed by atoms with E-state index >= 15 is 0 Å². The number of hydrogen-bond acceptors (Lipinski definition) is 1. The second-order valence-electron chi connectivity index (χ2n) is 7.91. The molecule has 0 spiro atoms. The van der Waals surface area contributed by atoms with Crippen LogP contribution in [0.5, 0.6) is 0 Å². The molecule has 1 aliphatic rings. The third-order valence-corrected chi connectivity index (χ3v) is 5.87. The Balaban J connectivity index is 1.63. The lowest BCUT2D eigenvalue weighted by molar-refractivity contribution is 0.183. The van der Waals surface area contributed by atoms with Crippen LogP contribution < -0.4 is 0 Å². The van der Waals surface area contributed by atoms with Gasteiger partial charge in [-0.2, -0.15) is 0 Å². The lowest BCUT2D eigenvalue weighted by Crippen LogP contribution is -2.25. The first-order valence-electron chi connectivity index (χ1n) is 10.00. The third kappa shape index (κ3) is 4.03. The molecule has 0 aromatic heterocycles. The quantitative estimate of drug-likeness (QED) is 0.438. The summed E-state index contributed by atoms with van der Waals surface area (Å²) in [5.41, 5.74) is 5.75. The van der Waals surface area contributed by atoms with Crippen LogP contribution in [0.1, 0.15) is 49.3 Å². The molecule has 0 aliphatic heterocycles. The summed E-state index contributed by atoms with van der Waals surface area (Å²) in [7, 11) is 0. The standard InChI is InChI=1S/C26H27N/c1-19-17-24(18-19)20(2)21-13-15-25(16-14-21)27-26(22-9-5-3-6-10-22)23-11-7-4-8-12-23/h3-16,19-20,24H,17-18H2,1-2H3/t19?,20-,24?/m1/s1. The highest BCUT2D eigenvalue weighted by atomic mass is 14.7. The molecule has 1 atom stereocenters. The van der Waals surface area contributed by atoms with Crippen molar-refractivity contribution in [2.45, 2.75) is 32.6 Å². The molecule has 1 heteroatoms. The molecule has 0 radical (unpaired) electrons. The van der Waals surface area contributed by atoms with Gasteiger partial charge >= 0.3 is 0 Å². The molecule has 1 aliphatic carbocycles. The summed E-state index contributed by atoms with van der Waals surface area (Å²) in [6, 6.07) is 29.7. The molecular weight excluding hydrogens is 326 g/mol. The number of nitrogens with zero attached hydrogens (tertiary/aromatic N) is 1. The van der Waals surface area contributed by atoms with Crippen molar-refractivity contribution in [2.75, 3.05) is 0 Å².